The van der Waals surface area contributed by atoms with Crippen LogP contribution in [0.15, 0.2) is 96.2 Å². The number of amides is 1. The average Bonchev–Trinajstić information content (AvgIpc) is 3.21. The molecule has 1 saturated carbocycles. The van der Waals surface area contributed by atoms with Crippen LogP contribution in [0.1, 0.15) is 66.8 Å². The van der Waals surface area contributed by atoms with E-state index in [1.165, 1.54) is 36.3 Å². The number of nitrogens with zero attached hydrogens (tertiary/aromatic N) is 3. The Kier molecular flexibility index (Phi) is 13.4. The number of non-ortho nitro benzene ring substituents is 1. The standard InChI is InChI=1S/C43H49N3O11/c1-4-22-54-43-39(45(2)42(50)56-31-16-14-30(15-17-31)46(51)52)26-37(44-53-3)35-24-29(11-5-7-20-47)34(13-6-8-21-48)40(41(35)43)36-25-33(18-19-38(36)57-43)55-32-12-9-10-28(23-32)27-49/h4,9-10,12,14-19,23-25,27,29,34,39-41,47-48H,1,5-8,11,13,20-22,26H2,2-3H3. The normalized spacial score (nSPS) is 23.9. The molecule has 1 heterocycles. The van der Waals surface area contributed by atoms with Crippen molar-refractivity contribution in [2.45, 2.75) is 62.7 Å². The minimum atomic E-state index is -1.50. The number of aliphatic hydroxyl groups excluding tert-OH is 2. The zero-order valence-corrected chi connectivity index (χ0v) is 32.2. The molecule has 57 heavy (non-hydrogen) atoms. The number of aliphatic hydroxyl groups is 2. The number of oxime groups is 1. The highest BCUT2D eigenvalue weighted by Crippen LogP contribution is 2.62. The van der Waals surface area contributed by atoms with Gasteiger partial charge in [0, 0.05) is 55.9 Å². The van der Waals surface area contributed by atoms with Crippen molar-refractivity contribution in [1.82, 2.24) is 4.90 Å². The fraction of sp³-hybridized carbons (Fsp3) is 0.419. The van der Waals surface area contributed by atoms with E-state index in [1.807, 2.05) is 12.1 Å². The van der Waals surface area contributed by atoms with E-state index in [0.717, 1.165) is 43.1 Å². The Bertz CT molecular complexity index is 1980. The van der Waals surface area contributed by atoms with Crippen molar-refractivity contribution < 1.29 is 48.5 Å². The van der Waals surface area contributed by atoms with Gasteiger partial charge in [-0.1, -0.05) is 42.3 Å². The van der Waals surface area contributed by atoms with Gasteiger partial charge >= 0.3 is 6.09 Å². The van der Waals surface area contributed by atoms with Crippen LogP contribution in [0.4, 0.5) is 10.5 Å². The minimum Gasteiger partial charge on any atom is -0.459 e. The van der Waals surface area contributed by atoms with E-state index < -0.39 is 28.8 Å². The van der Waals surface area contributed by atoms with Crippen molar-refractivity contribution in [2.24, 2.45) is 22.9 Å². The van der Waals surface area contributed by atoms with E-state index >= 15 is 0 Å². The molecule has 14 heteroatoms. The number of unbranched alkanes of at least 4 members (excludes halogenated alkanes) is 2. The molecule has 0 saturated heterocycles. The van der Waals surface area contributed by atoms with Crippen LogP contribution in [-0.2, 0) is 9.57 Å². The molecular weight excluding hydrogens is 734 g/mol. The van der Waals surface area contributed by atoms with Gasteiger partial charge in [0.1, 0.15) is 42.4 Å². The van der Waals surface area contributed by atoms with Crippen LogP contribution in [-0.4, -0.2) is 83.9 Å². The van der Waals surface area contributed by atoms with E-state index in [9.17, 15) is 29.9 Å². The molecule has 6 rings (SSSR count). The van der Waals surface area contributed by atoms with Gasteiger partial charge in [0.2, 0.25) is 5.79 Å². The Balaban J connectivity index is 1.51. The Morgan fingerprint density at radius 3 is 2.44 bits per heavy atom. The first kappa shape index (κ1) is 41.1. The third-order valence-corrected chi connectivity index (χ3v) is 11.1. The van der Waals surface area contributed by atoms with E-state index in [1.54, 1.807) is 43.5 Å². The van der Waals surface area contributed by atoms with Crippen LogP contribution in [0.2, 0.25) is 0 Å². The first-order valence-electron chi connectivity index (χ1n) is 19.2. The molecule has 2 aliphatic carbocycles. The van der Waals surface area contributed by atoms with Crippen LogP contribution in [0.25, 0.3) is 0 Å². The molecule has 1 aliphatic heterocycles. The first-order valence-corrected chi connectivity index (χ1v) is 19.2. The molecule has 3 aromatic carbocycles. The number of hydrogen-bond donors (Lipinski definition) is 2. The van der Waals surface area contributed by atoms with Crippen molar-refractivity contribution in [3.8, 4) is 23.0 Å². The Hall–Kier alpha value is -5.57. The summed E-state index contributed by atoms with van der Waals surface area (Å²) in [7, 11) is 3.06. The van der Waals surface area contributed by atoms with E-state index in [2.05, 4.69) is 17.8 Å². The quantitative estimate of drug-likeness (QED) is 0.0427. The van der Waals surface area contributed by atoms with Gasteiger partial charge in [-0.25, -0.2) is 4.79 Å². The summed E-state index contributed by atoms with van der Waals surface area (Å²) < 4.78 is 26.0. The number of carbonyl (C=O) groups excluding carboxylic acids is 2. The van der Waals surface area contributed by atoms with Crippen LogP contribution in [0, 0.1) is 27.9 Å². The maximum absolute atomic E-state index is 14.0. The van der Waals surface area contributed by atoms with Gasteiger partial charge in [0.05, 0.1) is 23.2 Å². The lowest BCUT2D eigenvalue weighted by molar-refractivity contribution is -0.384. The summed E-state index contributed by atoms with van der Waals surface area (Å²) >= 11 is 0. The van der Waals surface area contributed by atoms with Gasteiger partial charge in [-0.15, -0.1) is 6.58 Å². The monoisotopic (exact) mass is 783 g/mol. The molecule has 0 aromatic heterocycles. The number of allylic oxidation sites excluding steroid dienone is 1. The maximum Gasteiger partial charge on any atom is 0.415 e. The predicted octanol–water partition coefficient (Wildman–Crippen LogP) is 7.59. The van der Waals surface area contributed by atoms with Crippen molar-refractivity contribution >= 4 is 23.8 Å². The summed E-state index contributed by atoms with van der Waals surface area (Å²) in [6.45, 7) is 4.13. The molecule has 0 spiro atoms. The minimum absolute atomic E-state index is 0.00750. The summed E-state index contributed by atoms with van der Waals surface area (Å²) in [6.07, 6.45) is 8.36. The van der Waals surface area contributed by atoms with Crippen molar-refractivity contribution in [3.05, 3.63) is 112 Å². The summed E-state index contributed by atoms with van der Waals surface area (Å²) in [5.41, 5.74) is 2.67. The molecule has 3 aromatic rings. The molecule has 1 amide bonds. The van der Waals surface area contributed by atoms with Gasteiger partial charge in [-0.05, 0) is 85.6 Å². The first-order chi connectivity index (χ1) is 27.7. The highest BCUT2D eigenvalue weighted by atomic mass is 16.7. The molecule has 6 atom stereocenters. The second-order valence-electron chi connectivity index (χ2n) is 14.5. The van der Waals surface area contributed by atoms with Crippen molar-refractivity contribution in [3.63, 3.8) is 0 Å². The highest BCUT2D eigenvalue weighted by molar-refractivity contribution is 6.03. The SMILES string of the molecule is C=CCOC12Oc3ccc(Oc4cccc(C=O)c4)cc3C3C(CCCCO)C(CCCCO)C=C(C(=NOC)CC1N(C)C(=O)Oc1ccc([N+](=O)[O-])cc1)C32. The maximum atomic E-state index is 14.0. The summed E-state index contributed by atoms with van der Waals surface area (Å²) in [5.74, 6) is -0.634. The van der Waals surface area contributed by atoms with Crippen LogP contribution in [0.5, 0.6) is 23.0 Å². The van der Waals surface area contributed by atoms with Crippen LogP contribution < -0.4 is 14.2 Å². The number of benzene rings is 3. The van der Waals surface area contributed by atoms with Crippen LogP contribution >= 0.6 is 0 Å². The average molecular weight is 784 g/mol. The number of nitro benzene ring substituents is 1. The van der Waals surface area contributed by atoms with Crippen molar-refractivity contribution in [1.29, 1.82) is 0 Å². The number of aldehydes is 1. The predicted molar refractivity (Wildman–Crippen MR) is 211 cm³/mol. The molecular formula is C43H49N3O11. The zero-order valence-electron chi connectivity index (χ0n) is 32.2. The molecule has 0 bridgehead atoms. The van der Waals surface area contributed by atoms with Gasteiger partial charge in [0.15, 0.2) is 0 Å². The number of nitro groups is 1. The highest BCUT2D eigenvalue weighted by Gasteiger charge is 2.65. The topological polar surface area (TPSA) is 179 Å². The Labute approximate surface area is 331 Å². The lowest BCUT2D eigenvalue weighted by Crippen LogP contribution is -2.69. The number of carbonyl (C=O) groups is 2. The van der Waals surface area contributed by atoms with Gasteiger partial charge < -0.3 is 38.9 Å². The number of rotatable bonds is 18. The lowest BCUT2D eigenvalue weighted by Gasteiger charge is -2.59. The van der Waals surface area contributed by atoms with E-state index in [0.29, 0.717) is 41.4 Å². The number of likely N-dealkylation sites (N-methyl/N-ethyl adjacent to an activating group) is 1. The molecule has 2 N–H and O–H groups in total. The molecule has 0 radical (unpaired) electrons. The Morgan fingerprint density at radius 2 is 1.75 bits per heavy atom. The summed E-state index contributed by atoms with van der Waals surface area (Å²) in [5, 5.41) is 35.4. The number of fused-ring (bicyclic) bond motifs is 2. The third kappa shape index (κ3) is 8.73. The van der Waals surface area contributed by atoms with Gasteiger partial charge in [0.25, 0.3) is 5.69 Å². The fourth-order valence-corrected chi connectivity index (χ4v) is 8.62. The molecule has 302 valence electrons. The molecule has 14 nitrogen and oxygen atoms in total. The number of ether oxygens (including phenoxy) is 4. The van der Waals surface area contributed by atoms with Crippen molar-refractivity contribution in [2.75, 3.05) is 34.0 Å². The molecule has 1 fully saturated rings. The van der Waals surface area contributed by atoms with Crippen LogP contribution in [0.3, 0.4) is 0 Å². The van der Waals surface area contributed by atoms with Gasteiger partial charge in [-0.2, -0.15) is 0 Å². The Morgan fingerprint density at radius 1 is 1.04 bits per heavy atom. The molecule has 6 unspecified atom stereocenters. The number of hydrogen-bond acceptors (Lipinski definition) is 12. The van der Waals surface area contributed by atoms with E-state index in [4.69, 9.17) is 23.8 Å². The van der Waals surface area contributed by atoms with Gasteiger partial charge in [-0.3, -0.25) is 14.9 Å². The third-order valence-electron chi connectivity index (χ3n) is 11.1. The second-order valence-corrected chi connectivity index (χ2v) is 14.5. The smallest absolute Gasteiger partial charge is 0.415 e. The largest absolute Gasteiger partial charge is 0.459 e. The summed E-state index contributed by atoms with van der Waals surface area (Å²) in [4.78, 5) is 43.2. The lowest BCUT2D eigenvalue weighted by atomic mass is 9.55. The fourth-order valence-electron chi connectivity index (χ4n) is 8.62. The van der Waals surface area contributed by atoms with E-state index in [-0.39, 0.29) is 55.4 Å². The molecule has 3 aliphatic rings. The zero-order chi connectivity index (χ0) is 40.5. The summed E-state index contributed by atoms with van der Waals surface area (Å²) in [6, 6.07) is 16.9. The second kappa shape index (κ2) is 18.6.